The minimum absolute atomic E-state index is 0.566. The summed E-state index contributed by atoms with van der Waals surface area (Å²) in [7, 11) is -0.998. The molecule has 1 aliphatic heterocycles. The Morgan fingerprint density at radius 1 is 1.32 bits per heavy atom. The molecule has 2 rings (SSSR count). The van der Waals surface area contributed by atoms with E-state index in [-0.39, 0.29) is 0 Å². The first-order valence-corrected chi connectivity index (χ1v) is 10.8. The van der Waals surface area contributed by atoms with Crippen LogP contribution in [-0.4, -0.2) is 50.6 Å². The van der Waals surface area contributed by atoms with Gasteiger partial charge in [-0.25, -0.2) is 4.68 Å². The number of hydrogen-bond donors (Lipinski definition) is 1. The fourth-order valence-electron chi connectivity index (χ4n) is 2.12. The molecular weight excluding hydrogens is 256 g/mol. The van der Waals surface area contributed by atoms with Crippen LogP contribution in [0.15, 0.2) is 12.3 Å². The van der Waals surface area contributed by atoms with Gasteiger partial charge in [0.15, 0.2) is 0 Å². The lowest BCUT2D eigenvalue weighted by atomic mass is 10.3. The summed E-state index contributed by atoms with van der Waals surface area (Å²) in [5, 5.41) is 7.73. The van der Waals surface area contributed by atoms with Crippen LogP contribution in [0.25, 0.3) is 0 Å². The first kappa shape index (κ1) is 14.6. The van der Waals surface area contributed by atoms with E-state index in [9.17, 15) is 0 Å². The van der Waals surface area contributed by atoms with E-state index in [1.54, 1.807) is 0 Å². The summed E-state index contributed by atoms with van der Waals surface area (Å²) in [6.07, 6.45) is 1.86. The summed E-state index contributed by atoms with van der Waals surface area (Å²) in [4.78, 5) is 2.37. The molecule has 0 radical (unpaired) electrons. The van der Waals surface area contributed by atoms with E-state index in [4.69, 9.17) is 4.74 Å². The van der Waals surface area contributed by atoms with Gasteiger partial charge in [0, 0.05) is 46.9 Å². The minimum Gasteiger partial charge on any atom is -0.359 e. The molecule has 1 aliphatic rings. The van der Waals surface area contributed by atoms with Crippen LogP contribution in [0.5, 0.6) is 0 Å². The summed E-state index contributed by atoms with van der Waals surface area (Å²) < 4.78 is 7.75. The Morgan fingerprint density at radius 2 is 2.05 bits per heavy atom. The molecule has 6 heteroatoms. The highest BCUT2D eigenvalue weighted by Crippen LogP contribution is 2.14. The van der Waals surface area contributed by atoms with E-state index in [1.165, 1.54) is 11.9 Å². The number of nitrogens with zero attached hydrogens (tertiary/aromatic N) is 3. The van der Waals surface area contributed by atoms with Gasteiger partial charge >= 0.3 is 0 Å². The minimum atomic E-state index is -0.998. The molecule has 0 aliphatic carbocycles. The van der Waals surface area contributed by atoms with Crippen LogP contribution in [0.1, 0.15) is 0 Å². The Morgan fingerprint density at radius 3 is 2.74 bits per heavy atom. The lowest BCUT2D eigenvalue weighted by Gasteiger charge is -2.29. The number of anilines is 1. The Hall–Kier alpha value is -0.853. The lowest BCUT2D eigenvalue weighted by molar-refractivity contribution is 0.0793. The van der Waals surface area contributed by atoms with Crippen molar-refractivity contribution in [2.24, 2.45) is 0 Å². The number of ether oxygens (including phenoxy) is 1. The number of rotatable bonds is 6. The van der Waals surface area contributed by atoms with E-state index in [0.29, 0.717) is 6.73 Å². The van der Waals surface area contributed by atoms with Crippen LogP contribution in [-0.2, 0) is 11.5 Å². The van der Waals surface area contributed by atoms with Crippen LogP contribution in [0.3, 0.4) is 0 Å². The zero-order valence-corrected chi connectivity index (χ0v) is 13.4. The van der Waals surface area contributed by atoms with Crippen molar-refractivity contribution in [1.82, 2.24) is 15.1 Å². The maximum absolute atomic E-state index is 5.78. The van der Waals surface area contributed by atoms with Gasteiger partial charge in [0.1, 0.15) is 12.5 Å². The predicted molar refractivity (Wildman–Crippen MR) is 81.4 cm³/mol. The zero-order chi connectivity index (χ0) is 13.7. The van der Waals surface area contributed by atoms with E-state index in [1.807, 2.05) is 10.9 Å². The Kier molecular flexibility index (Phi) is 5.01. The summed E-state index contributed by atoms with van der Waals surface area (Å²) in [5.74, 6) is 1.18. The summed E-state index contributed by atoms with van der Waals surface area (Å²) in [6.45, 7) is 12.7. The SMILES string of the molecule is C[Si](C)(C)CCOCn1nccc1N1CCNCC1. The van der Waals surface area contributed by atoms with Gasteiger partial charge in [0.05, 0.1) is 6.20 Å². The second kappa shape index (κ2) is 6.54. The number of hydrogen-bond acceptors (Lipinski definition) is 4. The van der Waals surface area contributed by atoms with Crippen LogP contribution in [0, 0.1) is 0 Å². The van der Waals surface area contributed by atoms with Gasteiger partial charge < -0.3 is 15.0 Å². The first-order chi connectivity index (χ1) is 9.06. The van der Waals surface area contributed by atoms with Crippen molar-refractivity contribution in [1.29, 1.82) is 0 Å². The van der Waals surface area contributed by atoms with Gasteiger partial charge in [-0.2, -0.15) is 5.10 Å². The molecule has 0 atom stereocenters. The quantitative estimate of drug-likeness (QED) is 0.636. The molecule has 0 aromatic carbocycles. The second-order valence-electron chi connectivity index (χ2n) is 6.27. The van der Waals surface area contributed by atoms with Crippen LogP contribution in [0.4, 0.5) is 5.82 Å². The monoisotopic (exact) mass is 282 g/mol. The van der Waals surface area contributed by atoms with Gasteiger partial charge in [-0.05, 0) is 6.04 Å². The Balaban J connectivity index is 1.82. The zero-order valence-electron chi connectivity index (χ0n) is 12.4. The van der Waals surface area contributed by atoms with Crippen molar-refractivity contribution in [2.45, 2.75) is 32.4 Å². The summed E-state index contributed by atoms with van der Waals surface area (Å²) >= 11 is 0. The van der Waals surface area contributed by atoms with Gasteiger partial charge in [0.25, 0.3) is 0 Å². The smallest absolute Gasteiger partial charge is 0.141 e. The average Bonchev–Trinajstić information content (AvgIpc) is 2.83. The average molecular weight is 282 g/mol. The molecule has 0 bridgehead atoms. The third-order valence-corrected chi connectivity index (χ3v) is 5.05. The second-order valence-corrected chi connectivity index (χ2v) is 11.9. The molecule has 19 heavy (non-hydrogen) atoms. The van der Waals surface area contributed by atoms with E-state index in [0.717, 1.165) is 32.8 Å². The maximum atomic E-state index is 5.78. The molecule has 1 fully saturated rings. The fraction of sp³-hybridized carbons (Fsp3) is 0.769. The van der Waals surface area contributed by atoms with Gasteiger partial charge in [-0.1, -0.05) is 19.6 Å². The molecule has 1 N–H and O–H groups in total. The number of aromatic nitrogens is 2. The van der Waals surface area contributed by atoms with Crippen molar-refractivity contribution in [3.8, 4) is 0 Å². The van der Waals surface area contributed by atoms with Crippen molar-refractivity contribution >= 4 is 13.9 Å². The third-order valence-electron chi connectivity index (χ3n) is 3.35. The molecule has 2 heterocycles. The summed E-state index contributed by atoms with van der Waals surface area (Å²) in [6, 6.07) is 3.28. The molecule has 0 amide bonds. The molecule has 0 saturated carbocycles. The molecule has 5 nitrogen and oxygen atoms in total. The van der Waals surface area contributed by atoms with Crippen LogP contribution >= 0.6 is 0 Å². The molecular formula is C13H26N4OSi. The van der Waals surface area contributed by atoms with Crippen LogP contribution < -0.4 is 10.2 Å². The lowest BCUT2D eigenvalue weighted by Crippen LogP contribution is -2.44. The van der Waals surface area contributed by atoms with E-state index < -0.39 is 8.07 Å². The largest absolute Gasteiger partial charge is 0.359 e. The van der Waals surface area contributed by atoms with Crippen LogP contribution in [0.2, 0.25) is 25.7 Å². The topological polar surface area (TPSA) is 42.3 Å². The third kappa shape index (κ3) is 4.63. The number of piperazine rings is 1. The van der Waals surface area contributed by atoms with Crippen molar-refractivity contribution in [2.75, 3.05) is 37.7 Å². The molecule has 1 saturated heterocycles. The molecule has 0 spiro atoms. The normalized spacial score (nSPS) is 16.9. The first-order valence-electron chi connectivity index (χ1n) is 7.11. The van der Waals surface area contributed by atoms with Crippen molar-refractivity contribution in [3.05, 3.63) is 12.3 Å². The van der Waals surface area contributed by atoms with Gasteiger partial charge in [-0.15, -0.1) is 0 Å². The van der Waals surface area contributed by atoms with Crippen molar-refractivity contribution in [3.63, 3.8) is 0 Å². The Bertz CT molecular complexity index is 382. The van der Waals surface area contributed by atoms with E-state index in [2.05, 4.69) is 41.0 Å². The highest BCUT2D eigenvalue weighted by molar-refractivity contribution is 6.76. The molecule has 0 unspecified atom stereocenters. The predicted octanol–water partition coefficient (Wildman–Crippen LogP) is 1.60. The molecule has 1 aromatic rings. The maximum Gasteiger partial charge on any atom is 0.141 e. The van der Waals surface area contributed by atoms with E-state index >= 15 is 0 Å². The Labute approximate surface area is 116 Å². The molecule has 1 aromatic heterocycles. The standard InChI is InChI=1S/C13H26N4OSi/c1-19(2,3)11-10-18-12-17-13(4-5-15-17)16-8-6-14-7-9-16/h4-5,14H,6-12H2,1-3H3. The fourth-order valence-corrected chi connectivity index (χ4v) is 2.87. The highest BCUT2D eigenvalue weighted by Gasteiger charge is 2.15. The molecule has 108 valence electrons. The summed E-state index contributed by atoms with van der Waals surface area (Å²) in [5.41, 5.74) is 0. The number of nitrogens with one attached hydrogen (secondary N) is 1. The van der Waals surface area contributed by atoms with Gasteiger partial charge in [0.2, 0.25) is 0 Å². The van der Waals surface area contributed by atoms with Gasteiger partial charge in [-0.3, -0.25) is 0 Å². The highest BCUT2D eigenvalue weighted by atomic mass is 28.3. The van der Waals surface area contributed by atoms with Crippen molar-refractivity contribution < 1.29 is 4.74 Å².